The number of sulfonamides is 1. The van der Waals surface area contributed by atoms with Gasteiger partial charge in [0.05, 0.1) is 12.0 Å². The maximum atomic E-state index is 13.1. The monoisotopic (exact) mass is 426 g/mol. The van der Waals surface area contributed by atoms with Crippen LogP contribution in [0.3, 0.4) is 0 Å². The standard InChI is InChI=1S/C19H20ClFN2O4S/c1-27-16-10-13(9-14(20)11-16)12-22-19(24)18-3-2-8-23(18)28(25,26)17-6-4-15(21)5-7-17/h4-7,9-11,18H,2-3,8,12H2,1H3,(H,22,24)/t18-/m0/s1. The van der Waals surface area contributed by atoms with Crippen LogP contribution < -0.4 is 10.1 Å². The summed E-state index contributed by atoms with van der Waals surface area (Å²) in [6.07, 6.45) is 0.995. The minimum absolute atomic E-state index is 0.0341. The Morgan fingerprint density at radius 3 is 2.68 bits per heavy atom. The number of hydrogen-bond acceptors (Lipinski definition) is 4. The smallest absolute Gasteiger partial charge is 0.243 e. The molecule has 1 aliphatic rings. The number of methoxy groups -OCH3 is 1. The van der Waals surface area contributed by atoms with Crippen LogP contribution >= 0.6 is 11.6 Å². The first kappa shape index (κ1) is 20.6. The van der Waals surface area contributed by atoms with Gasteiger partial charge in [-0.05, 0) is 60.9 Å². The molecule has 1 atom stereocenters. The molecule has 1 N–H and O–H groups in total. The summed E-state index contributed by atoms with van der Waals surface area (Å²) in [7, 11) is -2.37. The summed E-state index contributed by atoms with van der Waals surface area (Å²) >= 11 is 6.03. The second-order valence-electron chi connectivity index (χ2n) is 6.44. The zero-order chi connectivity index (χ0) is 20.3. The summed E-state index contributed by atoms with van der Waals surface area (Å²) in [5.74, 6) is -0.341. The number of hydrogen-bond donors (Lipinski definition) is 1. The Labute approximate surface area is 168 Å². The zero-order valence-electron chi connectivity index (χ0n) is 15.2. The molecule has 0 unspecified atom stereocenters. The Hall–Kier alpha value is -2.16. The van der Waals surface area contributed by atoms with Gasteiger partial charge in [0, 0.05) is 18.1 Å². The van der Waals surface area contributed by atoms with Crippen LogP contribution in [0.25, 0.3) is 0 Å². The fraction of sp³-hybridized carbons (Fsp3) is 0.316. The predicted octanol–water partition coefficient (Wildman–Crippen LogP) is 2.96. The third-order valence-electron chi connectivity index (χ3n) is 4.56. The topological polar surface area (TPSA) is 75.7 Å². The molecule has 0 radical (unpaired) electrons. The number of benzene rings is 2. The van der Waals surface area contributed by atoms with Crippen molar-refractivity contribution in [3.05, 3.63) is 58.9 Å². The number of carbonyl (C=O) groups is 1. The second-order valence-corrected chi connectivity index (χ2v) is 8.77. The Balaban J connectivity index is 1.72. The fourth-order valence-electron chi connectivity index (χ4n) is 3.18. The van der Waals surface area contributed by atoms with E-state index in [9.17, 15) is 17.6 Å². The predicted molar refractivity (Wildman–Crippen MR) is 103 cm³/mol. The van der Waals surface area contributed by atoms with Gasteiger partial charge in [-0.15, -0.1) is 0 Å². The lowest BCUT2D eigenvalue weighted by Crippen LogP contribution is -2.45. The molecule has 150 valence electrons. The van der Waals surface area contributed by atoms with Gasteiger partial charge in [-0.3, -0.25) is 4.79 Å². The van der Waals surface area contributed by atoms with E-state index < -0.39 is 21.9 Å². The minimum Gasteiger partial charge on any atom is -0.497 e. The van der Waals surface area contributed by atoms with Crippen molar-refractivity contribution in [2.75, 3.05) is 13.7 Å². The van der Waals surface area contributed by atoms with Crippen molar-refractivity contribution in [3.8, 4) is 5.75 Å². The average Bonchev–Trinajstić information content (AvgIpc) is 3.17. The number of nitrogens with one attached hydrogen (secondary N) is 1. The van der Waals surface area contributed by atoms with Gasteiger partial charge < -0.3 is 10.1 Å². The van der Waals surface area contributed by atoms with E-state index in [1.807, 2.05) is 0 Å². The summed E-state index contributed by atoms with van der Waals surface area (Å²) in [5, 5.41) is 3.24. The Kier molecular flexibility index (Phi) is 6.22. The van der Waals surface area contributed by atoms with Crippen molar-refractivity contribution in [1.29, 1.82) is 0 Å². The molecular weight excluding hydrogens is 407 g/mol. The van der Waals surface area contributed by atoms with Crippen molar-refractivity contribution in [1.82, 2.24) is 9.62 Å². The van der Waals surface area contributed by atoms with Gasteiger partial charge in [-0.1, -0.05) is 11.6 Å². The van der Waals surface area contributed by atoms with E-state index in [-0.39, 0.29) is 23.9 Å². The van der Waals surface area contributed by atoms with Gasteiger partial charge in [-0.25, -0.2) is 12.8 Å². The van der Waals surface area contributed by atoms with Crippen molar-refractivity contribution < 1.29 is 22.3 Å². The Morgan fingerprint density at radius 2 is 2.00 bits per heavy atom. The molecule has 0 saturated carbocycles. The van der Waals surface area contributed by atoms with E-state index in [0.29, 0.717) is 23.6 Å². The molecule has 0 bridgehead atoms. The first-order chi connectivity index (χ1) is 13.3. The lowest BCUT2D eigenvalue weighted by molar-refractivity contribution is -0.124. The van der Waals surface area contributed by atoms with Crippen molar-refractivity contribution in [2.24, 2.45) is 0 Å². The van der Waals surface area contributed by atoms with Crippen LogP contribution in [-0.4, -0.2) is 38.3 Å². The van der Waals surface area contributed by atoms with Crippen LogP contribution in [-0.2, 0) is 21.4 Å². The van der Waals surface area contributed by atoms with Crippen molar-refractivity contribution >= 4 is 27.5 Å². The highest BCUT2D eigenvalue weighted by atomic mass is 35.5. The number of ether oxygens (including phenoxy) is 1. The Bertz CT molecular complexity index is 966. The van der Waals surface area contributed by atoms with Crippen LogP contribution in [0.15, 0.2) is 47.4 Å². The number of carbonyl (C=O) groups excluding carboxylic acids is 1. The molecule has 1 aliphatic heterocycles. The third-order valence-corrected chi connectivity index (χ3v) is 6.70. The molecule has 1 fully saturated rings. The first-order valence-corrected chi connectivity index (χ1v) is 10.5. The maximum absolute atomic E-state index is 13.1. The molecule has 9 heteroatoms. The summed E-state index contributed by atoms with van der Waals surface area (Å²) in [6.45, 7) is 0.430. The molecule has 28 heavy (non-hydrogen) atoms. The van der Waals surface area contributed by atoms with Gasteiger partial charge in [0.25, 0.3) is 0 Å². The molecule has 3 rings (SSSR count). The summed E-state index contributed by atoms with van der Waals surface area (Å²) in [4.78, 5) is 12.6. The number of nitrogens with zero attached hydrogens (tertiary/aromatic N) is 1. The van der Waals surface area contributed by atoms with Gasteiger partial charge in [0.2, 0.25) is 15.9 Å². The van der Waals surface area contributed by atoms with Crippen molar-refractivity contribution in [3.63, 3.8) is 0 Å². The van der Waals surface area contributed by atoms with Gasteiger partial charge in [0.15, 0.2) is 0 Å². The van der Waals surface area contributed by atoms with Crippen molar-refractivity contribution in [2.45, 2.75) is 30.3 Å². The SMILES string of the molecule is COc1cc(Cl)cc(CNC(=O)[C@@H]2CCCN2S(=O)(=O)c2ccc(F)cc2)c1. The first-order valence-electron chi connectivity index (χ1n) is 8.70. The normalized spacial score (nSPS) is 17.5. The molecule has 1 saturated heterocycles. The lowest BCUT2D eigenvalue weighted by Gasteiger charge is -2.23. The molecule has 1 amide bonds. The highest BCUT2D eigenvalue weighted by Gasteiger charge is 2.39. The van der Waals surface area contributed by atoms with E-state index in [4.69, 9.17) is 16.3 Å². The number of rotatable bonds is 6. The van der Waals surface area contributed by atoms with E-state index in [0.717, 1.165) is 17.7 Å². The van der Waals surface area contributed by atoms with E-state index >= 15 is 0 Å². The summed E-state index contributed by atoms with van der Waals surface area (Å²) in [6, 6.07) is 8.87. The van der Waals surface area contributed by atoms with E-state index in [1.165, 1.54) is 23.5 Å². The summed E-state index contributed by atoms with van der Waals surface area (Å²) in [5.41, 5.74) is 0.739. The molecule has 0 spiro atoms. The molecule has 0 aromatic heterocycles. The summed E-state index contributed by atoms with van der Waals surface area (Å²) < 4.78 is 45.1. The van der Waals surface area contributed by atoms with E-state index in [1.54, 1.807) is 18.2 Å². The van der Waals surface area contributed by atoms with Crippen LogP contribution in [0, 0.1) is 5.82 Å². The lowest BCUT2D eigenvalue weighted by atomic mass is 10.2. The quantitative estimate of drug-likeness (QED) is 0.770. The van der Waals surface area contributed by atoms with Crippen LogP contribution in [0.1, 0.15) is 18.4 Å². The molecule has 6 nitrogen and oxygen atoms in total. The fourth-order valence-corrected chi connectivity index (χ4v) is 5.08. The Morgan fingerprint density at radius 1 is 1.29 bits per heavy atom. The van der Waals surface area contributed by atoms with Gasteiger partial charge >= 0.3 is 0 Å². The van der Waals surface area contributed by atoms with E-state index in [2.05, 4.69) is 5.32 Å². The van der Waals surface area contributed by atoms with Crippen LogP contribution in [0.2, 0.25) is 5.02 Å². The third kappa shape index (κ3) is 4.45. The maximum Gasteiger partial charge on any atom is 0.243 e. The zero-order valence-corrected chi connectivity index (χ0v) is 16.8. The number of amides is 1. The number of halogens is 2. The molecule has 1 heterocycles. The average molecular weight is 427 g/mol. The second kappa shape index (κ2) is 8.46. The highest BCUT2D eigenvalue weighted by Crippen LogP contribution is 2.27. The molecular formula is C19H20ClFN2O4S. The van der Waals surface area contributed by atoms with Crippen LogP contribution in [0.4, 0.5) is 4.39 Å². The minimum atomic E-state index is -3.89. The molecule has 2 aromatic carbocycles. The van der Waals surface area contributed by atoms with Crippen LogP contribution in [0.5, 0.6) is 5.75 Å². The largest absolute Gasteiger partial charge is 0.497 e. The van der Waals surface area contributed by atoms with Gasteiger partial charge in [-0.2, -0.15) is 4.31 Å². The molecule has 2 aromatic rings. The molecule has 0 aliphatic carbocycles. The van der Waals surface area contributed by atoms with Gasteiger partial charge in [0.1, 0.15) is 17.6 Å². The highest BCUT2D eigenvalue weighted by molar-refractivity contribution is 7.89.